The number of nitrogens with zero attached hydrogens (tertiary/aromatic N) is 1. The zero-order valence-corrected chi connectivity index (χ0v) is 9.25. The molecule has 1 N–H and O–H groups in total. The second-order valence-electron chi connectivity index (χ2n) is 3.89. The Morgan fingerprint density at radius 2 is 2.19 bits per heavy atom. The Hall–Kier alpha value is -1.89. The highest BCUT2D eigenvalue weighted by molar-refractivity contribution is 5.74. The fourth-order valence-electron chi connectivity index (χ4n) is 1.52. The molecule has 0 saturated carbocycles. The third-order valence-electron chi connectivity index (χ3n) is 2.20. The van der Waals surface area contributed by atoms with Gasteiger partial charge in [0.25, 0.3) is 0 Å². The maximum Gasteiger partial charge on any atom is 0.218 e. The lowest BCUT2D eigenvalue weighted by Crippen LogP contribution is -2.45. The molecule has 1 aromatic carbocycles. The number of amides is 1. The van der Waals surface area contributed by atoms with E-state index in [4.69, 9.17) is 5.26 Å². The van der Waals surface area contributed by atoms with Crippen LogP contribution >= 0.6 is 0 Å². The molecule has 1 amide bonds. The number of hydrogen-bond acceptors (Lipinski definition) is 2. The van der Waals surface area contributed by atoms with Gasteiger partial charge in [-0.05, 0) is 18.6 Å². The maximum absolute atomic E-state index is 13.4. The lowest BCUT2D eigenvalue weighted by Gasteiger charge is -2.22. The molecule has 0 unspecified atom stereocenters. The number of halogens is 1. The van der Waals surface area contributed by atoms with Crippen molar-refractivity contribution < 1.29 is 9.18 Å². The summed E-state index contributed by atoms with van der Waals surface area (Å²) < 4.78 is 13.4. The summed E-state index contributed by atoms with van der Waals surface area (Å²) in [7, 11) is 0. The molecule has 16 heavy (non-hydrogen) atoms. The number of nitriles is 1. The van der Waals surface area contributed by atoms with Crippen LogP contribution in [0, 0.1) is 17.1 Å². The number of carbonyl (C=O) groups excluding carboxylic acids is 1. The van der Waals surface area contributed by atoms with Gasteiger partial charge in [0.05, 0.1) is 6.07 Å². The molecule has 0 aromatic heterocycles. The minimum atomic E-state index is -1.08. The van der Waals surface area contributed by atoms with Crippen LogP contribution in [0.15, 0.2) is 24.3 Å². The minimum absolute atomic E-state index is 0.149. The zero-order valence-electron chi connectivity index (χ0n) is 9.25. The first-order valence-corrected chi connectivity index (χ1v) is 4.90. The van der Waals surface area contributed by atoms with E-state index in [9.17, 15) is 9.18 Å². The van der Waals surface area contributed by atoms with Gasteiger partial charge in [0.1, 0.15) is 11.4 Å². The van der Waals surface area contributed by atoms with Gasteiger partial charge in [0.15, 0.2) is 0 Å². The van der Waals surface area contributed by atoms with E-state index in [1.165, 1.54) is 13.0 Å². The average molecular weight is 220 g/mol. The lowest BCUT2D eigenvalue weighted by atomic mass is 9.94. The Balaban J connectivity index is 2.90. The van der Waals surface area contributed by atoms with Crippen molar-refractivity contribution in [3.05, 3.63) is 35.6 Å². The number of nitrogens with one attached hydrogen (secondary N) is 1. The van der Waals surface area contributed by atoms with Crippen molar-refractivity contribution in [3.8, 4) is 6.07 Å². The summed E-state index contributed by atoms with van der Waals surface area (Å²) in [4.78, 5) is 10.9. The van der Waals surface area contributed by atoms with Crippen molar-refractivity contribution in [2.75, 3.05) is 0 Å². The van der Waals surface area contributed by atoms with Gasteiger partial charge in [-0.15, -0.1) is 0 Å². The monoisotopic (exact) mass is 220 g/mol. The van der Waals surface area contributed by atoms with Gasteiger partial charge in [-0.1, -0.05) is 18.2 Å². The van der Waals surface area contributed by atoms with Crippen molar-refractivity contribution >= 4 is 5.91 Å². The molecule has 3 nitrogen and oxygen atoms in total. The molecule has 0 radical (unpaired) electrons. The van der Waals surface area contributed by atoms with Crippen molar-refractivity contribution in [1.29, 1.82) is 5.26 Å². The van der Waals surface area contributed by atoms with E-state index < -0.39 is 5.54 Å². The Morgan fingerprint density at radius 1 is 1.56 bits per heavy atom. The number of rotatable bonds is 3. The fraction of sp³-hybridized carbons (Fsp3) is 0.333. The van der Waals surface area contributed by atoms with E-state index in [0.717, 1.165) is 0 Å². The van der Waals surface area contributed by atoms with Crippen LogP contribution in [-0.2, 0) is 11.2 Å². The number of carbonyl (C=O) groups is 1. The molecule has 84 valence electrons. The highest BCUT2D eigenvalue weighted by Gasteiger charge is 2.26. The van der Waals surface area contributed by atoms with Crippen molar-refractivity contribution in [3.63, 3.8) is 0 Å². The van der Waals surface area contributed by atoms with Crippen LogP contribution in [0.3, 0.4) is 0 Å². The van der Waals surface area contributed by atoms with Crippen LogP contribution in [0.1, 0.15) is 19.4 Å². The first-order valence-electron chi connectivity index (χ1n) is 4.90. The lowest BCUT2D eigenvalue weighted by molar-refractivity contribution is -0.120. The highest BCUT2D eigenvalue weighted by atomic mass is 19.1. The third-order valence-corrected chi connectivity index (χ3v) is 2.20. The molecule has 0 heterocycles. The van der Waals surface area contributed by atoms with E-state index >= 15 is 0 Å². The van der Waals surface area contributed by atoms with E-state index in [1.807, 2.05) is 6.07 Å². The molecule has 1 atom stereocenters. The summed E-state index contributed by atoms with van der Waals surface area (Å²) >= 11 is 0. The van der Waals surface area contributed by atoms with Crippen LogP contribution in [0.5, 0.6) is 0 Å². The zero-order chi connectivity index (χ0) is 12.2. The van der Waals surface area contributed by atoms with Gasteiger partial charge in [0, 0.05) is 13.3 Å². The molecule has 1 rings (SSSR count). The van der Waals surface area contributed by atoms with Crippen LogP contribution < -0.4 is 5.32 Å². The summed E-state index contributed by atoms with van der Waals surface area (Å²) in [6.07, 6.45) is 0.149. The predicted octanol–water partition coefficient (Wildman–Crippen LogP) is 1.79. The minimum Gasteiger partial charge on any atom is -0.338 e. The first-order chi connectivity index (χ1) is 7.47. The van der Waals surface area contributed by atoms with Crippen molar-refractivity contribution in [1.82, 2.24) is 5.32 Å². The first kappa shape index (κ1) is 12.2. The summed E-state index contributed by atoms with van der Waals surface area (Å²) in [5, 5.41) is 11.5. The van der Waals surface area contributed by atoms with Gasteiger partial charge in [-0.3, -0.25) is 4.79 Å². The van der Waals surface area contributed by atoms with E-state index in [-0.39, 0.29) is 18.1 Å². The summed E-state index contributed by atoms with van der Waals surface area (Å²) in [6, 6.07) is 8.21. The molecule has 0 bridgehead atoms. The molecular formula is C12H13FN2O. The van der Waals surface area contributed by atoms with Gasteiger partial charge in [-0.25, -0.2) is 4.39 Å². The molecule has 1 aromatic rings. The SMILES string of the molecule is CC(=O)N[C@](C)(C#N)Cc1ccccc1F. The van der Waals surface area contributed by atoms with Crippen LogP contribution in [0.4, 0.5) is 4.39 Å². The topological polar surface area (TPSA) is 52.9 Å². The molecular weight excluding hydrogens is 207 g/mol. The highest BCUT2D eigenvalue weighted by Crippen LogP contribution is 2.15. The van der Waals surface area contributed by atoms with Crippen molar-refractivity contribution in [2.45, 2.75) is 25.8 Å². The molecule has 0 aliphatic carbocycles. The Labute approximate surface area is 93.9 Å². The normalized spacial score (nSPS) is 13.6. The maximum atomic E-state index is 13.4. The Bertz CT molecular complexity index is 439. The predicted molar refractivity (Wildman–Crippen MR) is 57.9 cm³/mol. The van der Waals surface area contributed by atoms with Crippen LogP contribution in [0.2, 0.25) is 0 Å². The molecule has 0 aliphatic heterocycles. The second kappa shape index (κ2) is 4.75. The molecule has 0 fully saturated rings. The standard InChI is InChI=1S/C12H13FN2O/c1-9(16)15-12(2,8-14)7-10-5-3-4-6-11(10)13/h3-6H,7H2,1-2H3,(H,15,16)/t12-/m0/s1. The molecule has 0 aliphatic rings. The molecule has 0 saturated heterocycles. The van der Waals surface area contributed by atoms with Gasteiger partial charge in [0.2, 0.25) is 5.91 Å². The van der Waals surface area contributed by atoms with Crippen LogP contribution in [0.25, 0.3) is 0 Å². The van der Waals surface area contributed by atoms with E-state index in [1.54, 1.807) is 25.1 Å². The smallest absolute Gasteiger partial charge is 0.218 e. The Morgan fingerprint density at radius 3 is 2.69 bits per heavy atom. The van der Waals surface area contributed by atoms with Crippen LogP contribution in [-0.4, -0.2) is 11.4 Å². The van der Waals surface area contributed by atoms with Gasteiger partial charge < -0.3 is 5.32 Å². The summed E-state index contributed by atoms with van der Waals surface area (Å²) in [5.74, 6) is -0.672. The molecule has 0 spiro atoms. The summed E-state index contributed by atoms with van der Waals surface area (Å²) in [5.41, 5.74) is -0.658. The molecule has 4 heteroatoms. The number of hydrogen-bond donors (Lipinski definition) is 1. The van der Waals surface area contributed by atoms with E-state index in [0.29, 0.717) is 5.56 Å². The summed E-state index contributed by atoms with van der Waals surface area (Å²) in [6.45, 7) is 2.90. The van der Waals surface area contributed by atoms with Gasteiger partial charge >= 0.3 is 0 Å². The quantitative estimate of drug-likeness (QED) is 0.844. The third kappa shape index (κ3) is 3.06. The van der Waals surface area contributed by atoms with Crippen molar-refractivity contribution in [2.24, 2.45) is 0 Å². The number of benzene rings is 1. The Kier molecular flexibility index (Phi) is 3.62. The van der Waals surface area contributed by atoms with Gasteiger partial charge in [-0.2, -0.15) is 5.26 Å². The largest absolute Gasteiger partial charge is 0.338 e. The average Bonchev–Trinajstić information content (AvgIpc) is 2.20. The fourth-order valence-corrected chi connectivity index (χ4v) is 1.52. The second-order valence-corrected chi connectivity index (χ2v) is 3.89. The van der Waals surface area contributed by atoms with E-state index in [2.05, 4.69) is 5.32 Å².